The van der Waals surface area contributed by atoms with Crippen LogP contribution in [0.2, 0.25) is 0 Å². The van der Waals surface area contributed by atoms with Crippen LogP contribution < -0.4 is 4.74 Å². The fourth-order valence-electron chi connectivity index (χ4n) is 1.29. The maximum absolute atomic E-state index is 12.2. The number of halogens is 5. The lowest BCUT2D eigenvalue weighted by molar-refractivity contribution is -0.274. The molecule has 0 aliphatic rings. The first-order valence-corrected chi connectivity index (χ1v) is 6.39. The number of hydrogen-bond donors (Lipinski definition) is 0. The molecule has 0 amide bonds. The van der Waals surface area contributed by atoms with E-state index >= 15 is 0 Å². The SMILES string of the molecule is CC(=O)C(Cl)c1ccc(CBr)c(OC(F)(F)F)c1. The molecule has 0 N–H and O–H groups in total. The zero-order chi connectivity index (χ0) is 13.9. The Bertz CT molecular complexity index is 448. The molecular formula is C11H9BrClF3O2. The monoisotopic (exact) mass is 344 g/mol. The molecule has 0 aromatic heterocycles. The molecule has 1 atom stereocenters. The first kappa shape index (κ1) is 15.3. The van der Waals surface area contributed by atoms with Crippen LogP contribution in [0.4, 0.5) is 13.2 Å². The highest BCUT2D eigenvalue weighted by atomic mass is 79.9. The van der Waals surface area contributed by atoms with E-state index in [2.05, 4.69) is 20.7 Å². The first-order chi connectivity index (χ1) is 8.24. The molecule has 18 heavy (non-hydrogen) atoms. The number of Topliss-reactive ketones (excluding diaryl/α,β-unsaturated/α-hetero) is 1. The molecule has 1 aromatic carbocycles. The van der Waals surface area contributed by atoms with E-state index in [1.54, 1.807) is 0 Å². The molecule has 0 heterocycles. The fraction of sp³-hybridized carbons (Fsp3) is 0.364. The third-order valence-electron chi connectivity index (χ3n) is 2.11. The van der Waals surface area contributed by atoms with Gasteiger partial charge >= 0.3 is 6.36 Å². The predicted octanol–water partition coefficient (Wildman–Crippen LogP) is 4.35. The molecule has 0 saturated carbocycles. The lowest BCUT2D eigenvalue weighted by atomic mass is 10.1. The number of ether oxygens (including phenoxy) is 1. The van der Waals surface area contributed by atoms with Gasteiger partial charge in [0.1, 0.15) is 11.1 Å². The van der Waals surface area contributed by atoms with Gasteiger partial charge < -0.3 is 4.74 Å². The molecule has 1 aromatic rings. The summed E-state index contributed by atoms with van der Waals surface area (Å²) in [5, 5.41) is -0.781. The van der Waals surface area contributed by atoms with Crippen LogP contribution in [0.1, 0.15) is 23.4 Å². The van der Waals surface area contributed by atoms with Crippen molar-refractivity contribution in [1.82, 2.24) is 0 Å². The van der Waals surface area contributed by atoms with Gasteiger partial charge in [-0.3, -0.25) is 4.79 Å². The normalized spacial score (nSPS) is 13.2. The van der Waals surface area contributed by atoms with Gasteiger partial charge in [-0.05, 0) is 18.6 Å². The summed E-state index contributed by atoms with van der Waals surface area (Å²) < 4.78 is 40.5. The van der Waals surface area contributed by atoms with Crippen LogP contribution in [0.25, 0.3) is 0 Å². The first-order valence-electron chi connectivity index (χ1n) is 4.83. The molecule has 100 valence electrons. The lowest BCUT2D eigenvalue weighted by Gasteiger charge is -2.14. The van der Waals surface area contributed by atoms with Crippen molar-refractivity contribution < 1.29 is 22.7 Å². The lowest BCUT2D eigenvalue weighted by Crippen LogP contribution is -2.18. The number of hydrogen-bond acceptors (Lipinski definition) is 2. The Morgan fingerprint density at radius 3 is 2.56 bits per heavy atom. The number of benzene rings is 1. The second-order valence-electron chi connectivity index (χ2n) is 3.52. The fourth-order valence-corrected chi connectivity index (χ4v) is 1.89. The summed E-state index contributed by atoms with van der Waals surface area (Å²) in [5.74, 6) is -0.704. The molecule has 0 radical (unpaired) electrons. The van der Waals surface area contributed by atoms with E-state index < -0.39 is 11.7 Å². The summed E-state index contributed by atoms with van der Waals surface area (Å²) >= 11 is 8.84. The second kappa shape index (κ2) is 5.93. The van der Waals surface area contributed by atoms with Gasteiger partial charge in [-0.1, -0.05) is 28.1 Å². The Morgan fingerprint density at radius 2 is 2.11 bits per heavy atom. The van der Waals surface area contributed by atoms with E-state index in [1.807, 2.05) is 0 Å². The number of carbonyl (C=O) groups excluding carboxylic acids is 1. The van der Waals surface area contributed by atoms with E-state index in [1.165, 1.54) is 19.1 Å². The topological polar surface area (TPSA) is 26.3 Å². The average molecular weight is 346 g/mol. The molecule has 0 fully saturated rings. The van der Waals surface area contributed by atoms with E-state index in [-0.39, 0.29) is 22.4 Å². The zero-order valence-electron chi connectivity index (χ0n) is 9.22. The summed E-state index contributed by atoms with van der Waals surface area (Å²) in [7, 11) is 0. The van der Waals surface area contributed by atoms with Crippen molar-refractivity contribution in [1.29, 1.82) is 0 Å². The van der Waals surface area contributed by atoms with Gasteiger partial charge in [-0.15, -0.1) is 24.8 Å². The highest BCUT2D eigenvalue weighted by Gasteiger charge is 2.32. The number of ketones is 1. The van der Waals surface area contributed by atoms with Gasteiger partial charge in [0.2, 0.25) is 0 Å². The Kier molecular flexibility index (Phi) is 5.04. The summed E-state index contributed by atoms with van der Waals surface area (Å²) in [6.07, 6.45) is -4.78. The van der Waals surface area contributed by atoms with E-state index in [0.29, 0.717) is 5.56 Å². The summed E-state index contributed by atoms with van der Waals surface area (Å²) in [6, 6.07) is 4.06. The molecule has 0 bridgehead atoms. The Balaban J connectivity index is 3.13. The Morgan fingerprint density at radius 1 is 1.50 bits per heavy atom. The van der Waals surface area contributed by atoms with Crippen molar-refractivity contribution >= 4 is 33.3 Å². The van der Waals surface area contributed by atoms with Gasteiger partial charge in [0.15, 0.2) is 5.78 Å². The van der Waals surface area contributed by atoms with Crippen LogP contribution in [0, 0.1) is 0 Å². The standard InChI is InChI=1S/C11H9BrClF3O2/c1-6(17)10(13)7-2-3-8(5-12)9(4-7)18-11(14,15)16/h2-4,10H,5H2,1H3. The van der Waals surface area contributed by atoms with Crippen LogP contribution in [0.3, 0.4) is 0 Å². The number of carbonyl (C=O) groups is 1. The largest absolute Gasteiger partial charge is 0.573 e. The minimum absolute atomic E-state index is 0.200. The van der Waals surface area contributed by atoms with Crippen LogP contribution in [-0.2, 0) is 10.1 Å². The van der Waals surface area contributed by atoms with E-state index in [0.717, 1.165) is 6.07 Å². The summed E-state index contributed by atoms with van der Waals surface area (Å²) in [6.45, 7) is 1.26. The molecule has 1 rings (SSSR count). The quantitative estimate of drug-likeness (QED) is 0.758. The van der Waals surface area contributed by atoms with Gasteiger partial charge in [0.05, 0.1) is 0 Å². The second-order valence-corrected chi connectivity index (χ2v) is 4.52. The van der Waals surface area contributed by atoms with Crippen LogP contribution in [-0.4, -0.2) is 12.1 Å². The molecule has 2 nitrogen and oxygen atoms in total. The van der Waals surface area contributed by atoms with Crippen LogP contribution >= 0.6 is 27.5 Å². The maximum Gasteiger partial charge on any atom is 0.573 e. The van der Waals surface area contributed by atoms with Crippen LogP contribution in [0.15, 0.2) is 18.2 Å². The molecule has 0 spiro atoms. The molecule has 1 unspecified atom stereocenters. The predicted molar refractivity (Wildman–Crippen MR) is 65.0 cm³/mol. The van der Waals surface area contributed by atoms with Gasteiger partial charge in [-0.2, -0.15) is 0 Å². The van der Waals surface area contributed by atoms with Crippen molar-refractivity contribution in [3.63, 3.8) is 0 Å². The third kappa shape index (κ3) is 4.17. The van der Waals surface area contributed by atoms with E-state index in [9.17, 15) is 18.0 Å². The van der Waals surface area contributed by atoms with Gasteiger partial charge in [-0.25, -0.2) is 0 Å². The smallest absolute Gasteiger partial charge is 0.405 e. The third-order valence-corrected chi connectivity index (χ3v) is 3.27. The van der Waals surface area contributed by atoms with E-state index in [4.69, 9.17) is 11.6 Å². The molecule has 0 aliphatic carbocycles. The molecule has 7 heteroatoms. The van der Waals surface area contributed by atoms with Crippen molar-refractivity contribution in [3.8, 4) is 5.75 Å². The maximum atomic E-state index is 12.2. The zero-order valence-corrected chi connectivity index (χ0v) is 11.6. The minimum atomic E-state index is -4.78. The summed E-state index contributed by atoms with van der Waals surface area (Å²) in [5.41, 5.74) is 0.594. The number of rotatable bonds is 4. The average Bonchev–Trinajstić information content (AvgIpc) is 2.25. The Hall–Kier alpha value is -0.750. The van der Waals surface area contributed by atoms with Gasteiger partial charge in [0, 0.05) is 10.9 Å². The van der Waals surface area contributed by atoms with Gasteiger partial charge in [0.25, 0.3) is 0 Å². The molecule has 0 aliphatic heterocycles. The van der Waals surface area contributed by atoms with Crippen molar-refractivity contribution in [2.24, 2.45) is 0 Å². The Labute approximate surface area is 115 Å². The van der Waals surface area contributed by atoms with Crippen molar-refractivity contribution in [2.75, 3.05) is 0 Å². The molecular weight excluding hydrogens is 336 g/mol. The highest BCUT2D eigenvalue weighted by molar-refractivity contribution is 9.08. The minimum Gasteiger partial charge on any atom is -0.405 e. The molecule has 0 saturated heterocycles. The van der Waals surface area contributed by atoms with Crippen molar-refractivity contribution in [2.45, 2.75) is 24.0 Å². The van der Waals surface area contributed by atoms with Crippen LogP contribution in [0.5, 0.6) is 5.75 Å². The van der Waals surface area contributed by atoms with Crippen molar-refractivity contribution in [3.05, 3.63) is 29.3 Å². The number of alkyl halides is 5. The summed E-state index contributed by atoms with van der Waals surface area (Å²) in [4.78, 5) is 11.1. The highest BCUT2D eigenvalue weighted by Crippen LogP contribution is 2.32.